The van der Waals surface area contributed by atoms with Gasteiger partial charge in [-0.15, -0.1) is 0 Å². The van der Waals surface area contributed by atoms with E-state index < -0.39 is 35.6 Å². The molecule has 0 aliphatic heterocycles. The van der Waals surface area contributed by atoms with Crippen LogP contribution in [-0.4, -0.2) is 11.8 Å². The Kier molecular flexibility index (Phi) is 5.44. The van der Waals surface area contributed by atoms with E-state index in [2.05, 4.69) is 26.6 Å². The fourth-order valence-corrected chi connectivity index (χ4v) is 2.38. The van der Waals surface area contributed by atoms with Gasteiger partial charge in [0.05, 0.1) is 0 Å². The molecule has 7 heteroatoms. The molecule has 0 radical (unpaired) electrons. The first-order valence-corrected chi connectivity index (χ1v) is 7.46. The van der Waals surface area contributed by atoms with Crippen molar-refractivity contribution < 1.29 is 18.4 Å². The number of halogens is 3. The summed E-state index contributed by atoms with van der Waals surface area (Å²) in [4.78, 5) is 23.6. The van der Waals surface area contributed by atoms with Gasteiger partial charge in [-0.05, 0) is 42.8 Å². The zero-order valence-electron chi connectivity index (χ0n) is 12.1. The van der Waals surface area contributed by atoms with Crippen LogP contribution in [0.4, 0.5) is 20.2 Å². The Bertz CT molecular complexity index is 745. The Labute approximate surface area is 140 Å². The molecule has 0 aromatic heterocycles. The highest BCUT2D eigenvalue weighted by atomic mass is 79.9. The number of benzene rings is 2. The van der Waals surface area contributed by atoms with Gasteiger partial charge in [-0.1, -0.05) is 22.0 Å². The lowest BCUT2D eigenvalue weighted by Gasteiger charge is -2.10. The summed E-state index contributed by atoms with van der Waals surface area (Å²) in [5.41, 5.74) is 0.807. The van der Waals surface area contributed by atoms with E-state index in [1.807, 2.05) is 6.07 Å². The number of hydrogen-bond acceptors (Lipinski definition) is 2. The molecule has 4 nitrogen and oxygen atoms in total. The summed E-state index contributed by atoms with van der Waals surface area (Å²) >= 11 is 3.31. The minimum Gasteiger partial charge on any atom is -0.325 e. The van der Waals surface area contributed by atoms with Crippen molar-refractivity contribution in [2.45, 2.75) is 13.3 Å². The van der Waals surface area contributed by atoms with Crippen LogP contribution in [0.25, 0.3) is 0 Å². The molecule has 0 spiro atoms. The fourth-order valence-electron chi connectivity index (χ4n) is 1.91. The molecule has 120 valence electrons. The summed E-state index contributed by atoms with van der Waals surface area (Å²) in [6, 6.07) is 8.46. The van der Waals surface area contributed by atoms with Gasteiger partial charge in [-0.2, -0.15) is 0 Å². The van der Waals surface area contributed by atoms with Crippen molar-refractivity contribution in [3.63, 3.8) is 0 Å². The first-order chi connectivity index (χ1) is 10.9. The van der Waals surface area contributed by atoms with Crippen molar-refractivity contribution >= 4 is 39.1 Å². The number of carbonyl (C=O) groups is 2. The lowest BCUT2D eigenvalue weighted by atomic mass is 10.2. The van der Waals surface area contributed by atoms with Crippen molar-refractivity contribution in [1.29, 1.82) is 0 Å². The molecule has 0 unspecified atom stereocenters. The van der Waals surface area contributed by atoms with Crippen molar-refractivity contribution in [2.75, 3.05) is 10.6 Å². The molecule has 2 aromatic carbocycles. The van der Waals surface area contributed by atoms with Gasteiger partial charge < -0.3 is 10.6 Å². The van der Waals surface area contributed by atoms with E-state index in [9.17, 15) is 18.4 Å². The van der Waals surface area contributed by atoms with E-state index in [-0.39, 0.29) is 0 Å². The van der Waals surface area contributed by atoms with Gasteiger partial charge in [0.25, 0.3) is 0 Å². The minimum atomic E-state index is -0.900. The Balaban J connectivity index is 1.99. The van der Waals surface area contributed by atoms with Crippen molar-refractivity contribution in [3.8, 4) is 0 Å². The largest absolute Gasteiger partial charge is 0.325 e. The van der Waals surface area contributed by atoms with Crippen molar-refractivity contribution in [3.05, 3.63) is 58.1 Å². The van der Waals surface area contributed by atoms with Crippen LogP contribution in [0.15, 0.2) is 40.9 Å². The molecular formula is C16H13BrF2N2O2. The quantitative estimate of drug-likeness (QED) is 0.785. The standard InChI is InChI=1S/C16H13BrF2N2O2/c1-9-7-10(17)5-6-13(9)20-14(22)8-15(23)21-16-11(18)3-2-4-12(16)19/h2-7H,8H2,1H3,(H,20,22)(H,21,23). The van der Waals surface area contributed by atoms with Crippen LogP contribution >= 0.6 is 15.9 Å². The van der Waals surface area contributed by atoms with Crippen LogP contribution in [0.5, 0.6) is 0 Å². The summed E-state index contributed by atoms with van der Waals surface area (Å²) in [6.07, 6.45) is -0.552. The lowest BCUT2D eigenvalue weighted by Crippen LogP contribution is -2.22. The number of rotatable bonds is 4. The van der Waals surface area contributed by atoms with E-state index in [1.165, 1.54) is 6.07 Å². The number of amides is 2. The van der Waals surface area contributed by atoms with Gasteiger partial charge in [0, 0.05) is 10.2 Å². The van der Waals surface area contributed by atoms with E-state index in [0.717, 1.165) is 22.2 Å². The van der Waals surface area contributed by atoms with Crippen molar-refractivity contribution in [1.82, 2.24) is 0 Å². The van der Waals surface area contributed by atoms with E-state index in [4.69, 9.17) is 0 Å². The predicted molar refractivity (Wildman–Crippen MR) is 87.1 cm³/mol. The number of anilines is 2. The van der Waals surface area contributed by atoms with Gasteiger partial charge in [0.1, 0.15) is 23.7 Å². The highest BCUT2D eigenvalue weighted by Crippen LogP contribution is 2.21. The summed E-state index contributed by atoms with van der Waals surface area (Å²) in [6.45, 7) is 1.80. The fraction of sp³-hybridized carbons (Fsp3) is 0.125. The highest BCUT2D eigenvalue weighted by molar-refractivity contribution is 9.10. The molecule has 0 heterocycles. The Hall–Kier alpha value is -2.28. The van der Waals surface area contributed by atoms with Gasteiger partial charge in [-0.25, -0.2) is 8.78 Å². The third-order valence-electron chi connectivity index (χ3n) is 3.01. The topological polar surface area (TPSA) is 58.2 Å². The third-order valence-corrected chi connectivity index (χ3v) is 3.50. The molecular weight excluding hydrogens is 370 g/mol. The number of nitrogens with one attached hydrogen (secondary N) is 2. The Morgan fingerprint density at radius 2 is 1.65 bits per heavy atom. The van der Waals surface area contributed by atoms with Crippen LogP contribution in [0.2, 0.25) is 0 Å². The average molecular weight is 383 g/mol. The second kappa shape index (κ2) is 7.32. The molecule has 0 bridgehead atoms. The van der Waals surface area contributed by atoms with Gasteiger partial charge in [-0.3, -0.25) is 9.59 Å². The maximum atomic E-state index is 13.4. The van der Waals surface area contributed by atoms with E-state index in [1.54, 1.807) is 19.1 Å². The zero-order valence-corrected chi connectivity index (χ0v) is 13.7. The summed E-state index contributed by atoms with van der Waals surface area (Å²) in [5.74, 6) is -3.18. The van der Waals surface area contributed by atoms with Gasteiger partial charge >= 0.3 is 0 Å². The smallest absolute Gasteiger partial charge is 0.233 e. The van der Waals surface area contributed by atoms with Crippen LogP contribution in [-0.2, 0) is 9.59 Å². The number of hydrogen-bond donors (Lipinski definition) is 2. The molecule has 2 N–H and O–H groups in total. The molecule has 0 aliphatic carbocycles. The van der Waals surface area contributed by atoms with E-state index >= 15 is 0 Å². The zero-order chi connectivity index (χ0) is 17.0. The average Bonchev–Trinajstić information content (AvgIpc) is 2.46. The summed E-state index contributed by atoms with van der Waals surface area (Å²) in [7, 11) is 0. The van der Waals surface area contributed by atoms with Crippen LogP contribution in [0, 0.1) is 18.6 Å². The first kappa shape index (κ1) is 17.1. The monoisotopic (exact) mass is 382 g/mol. The minimum absolute atomic E-state index is 0.552. The Morgan fingerprint density at radius 3 is 2.26 bits per heavy atom. The molecule has 0 aliphatic rings. The molecule has 2 amide bonds. The van der Waals surface area contributed by atoms with Crippen molar-refractivity contribution in [2.24, 2.45) is 0 Å². The van der Waals surface area contributed by atoms with Gasteiger partial charge in [0.2, 0.25) is 11.8 Å². The summed E-state index contributed by atoms with van der Waals surface area (Å²) < 4.78 is 27.7. The maximum absolute atomic E-state index is 13.4. The first-order valence-electron chi connectivity index (χ1n) is 6.66. The van der Waals surface area contributed by atoms with Crippen LogP contribution in [0.3, 0.4) is 0 Å². The molecule has 0 atom stereocenters. The highest BCUT2D eigenvalue weighted by Gasteiger charge is 2.15. The second-order valence-electron chi connectivity index (χ2n) is 4.83. The molecule has 0 saturated heterocycles. The molecule has 2 aromatic rings. The van der Waals surface area contributed by atoms with E-state index in [0.29, 0.717) is 5.69 Å². The molecule has 0 saturated carbocycles. The van der Waals surface area contributed by atoms with Crippen LogP contribution < -0.4 is 10.6 Å². The maximum Gasteiger partial charge on any atom is 0.233 e. The Morgan fingerprint density at radius 1 is 1.04 bits per heavy atom. The predicted octanol–water partition coefficient (Wildman–Crippen LogP) is 4.00. The normalized spacial score (nSPS) is 10.3. The molecule has 23 heavy (non-hydrogen) atoms. The molecule has 2 rings (SSSR count). The second-order valence-corrected chi connectivity index (χ2v) is 5.74. The molecule has 0 fully saturated rings. The summed E-state index contributed by atoms with van der Waals surface area (Å²) in [5, 5.41) is 4.64. The third kappa shape index (κ3) is 4.59. The SMILES string of the molecule is Cc1cc(Br)ccc1NC(=O)CC(=O)Nc1c(F)cccc1F. The van der Waals surface area contributed by atoms with Gasteiger partial charge in [0.15, 0.2) is 0 Å². The van der Waals surface area contributed by atoms with Crippen LogP contribution in [0.1, 0.15) is 12.0 Å². The number of aryl methyl sites for hydroxylation is 1. The number of carbonyl (C=O) groups excluding carboxylic acids is 2. The number of para-hydroxylation sites is 1. The lowest BCUT2D eigenvalue weighted by molar-refractivity contribution is -0.123.